The van der Waals surface area contributed by atoms with Crippen LogP contribution in [0.4, 0.5) is 0 Å². The number of benzene rings is 1. The summed E-state index contributed by atoms with van der Waals surface area (Å²) in [5.74, 6) is -0.0408. The fraction of sp³-hybridized carbons (Fsp3) is 0.682. The van der Waals surface area contributed by atoms with Crippen molar-refractivity contribution in [2.24, 2.45) is 0 Å². The summed E-state index contributed by atoms with van der Waals surface area (Å²) >= 11 is 12.9. The van der Waals surface area contributed by atoms with Crippen LogP contribution in [0.25, 0.3) is 0 Å². The molecule has 9 heteroatoms. The number of carbonyl (C=O) groups excluding carboxylic acids is 1. The highest BCUT2D eigenvalue weighted by atomic mass is 35.5. The topological polar surface area (TPSA) is 57.2 Å². The lowest BCUT2D eigenvalue weighted by Crippen LogP contribution is -2.35. The minimum atomic E-state index is -1.16. The van der Waals surface area contributed by atoms with E-state index in [0.717, 1.165) is 11.6 Å². The molecule has 2 saturated heterocycles. The maximum absolute atomic E-state index is 12.7. The first-order valence-corrected chi connectivity index (χ1v) is 15.2. The van der Waals surface area contributed by atoms with Crippen LogP contribution in [-0.4, -0.2) is 63.9 Å². The van der Waals surface area contributed by atoms with Crippen LogP contribution in [0.2, 0.25) is 35.7 Å². The van der Waals surface area contributed by atoms with Crippen LogP contribution in [0, 0.1) is 0 Å². The average Bonchev–Trinajstić information content (AvgIpc) is 3.18. The molecule has 2 atom stereocenters. The summed E-state index contributed by atoms with van der Waals surface area (Å²) in [6.45, 7) is 13.0. The van der Waals surface area contributed by atoms with Gasteiger partial charge in [0.2, 0.25) is 5.91 Å². The molecule has 0 N–H and O–H groups in total. The second-order valence-electron chi connectivity index (χ2n) is 9.90. The number of hydrogen-bond acceptors (Lipinski definition) is 5. The molecule has 0 spiro atoms. The number of nitrogens with zero attached hydrogens (tertiary/aromatic N) is 1. The Morgan fingerprint density at radius 3 is 2.65 bits per heavy atom. The lowest BCUT2D eigenvalue weighted by molar-refractivity contribution is -0.144. The largest absolute Gasteiger partial charge is 0.467 e. The zero-order valence-electron chi connectivity index (χ0n) is 19.0. The lowest BCUT2D eigenvalue weighted by atomic mass is 9.97. The van der Waals surface area contributed by atoms with Crippen LogP contribution < -0.4 is 4.74 Å². The van der Waals surface area contributed by atoms with Crippen molar-refractivity contribution in [3.05, 3.63) is 27.7 Å². The first-order valence-electron chi connectivity index (χ1n) is 10.7. The molecule has 1 amide bonds. The molecule has 0 radical (unpaired) electrons. The Bertz CT molecular complexity index is 799. The maximum Gasteiger partial charge on any atom is 0.223 e. The number of amides is 1. The van der Waals surface area contributed by atoms with Crippen LogP contribution in [0.3, 0.4) is 0 Å². The standard InChI is InChI=1S/C22H33Cl2NO5Si/c1-22(2)29-13-16(30-22)12-25-11-15(10-19(25)26)20-18(7-6-17(23)21(20)24)28-14-27-8-9-31(3,4)5/h6-7,15-16H,8-14H2,1-5H3/t15-,16-/m0/s1. The van der Waals surface area contributed by atoms with E-state index in [1.54, 1.807) is 12.1 Å². The van der Waals surface area contributed by atoms with E-state index in [2.05, 4.69) is 19.6 Å². The van der Waals surface area contributed by atoms with E-state index in [4.69, 9.17) is 42.1 Å². The van der Waals surface area contributed by atoms with E-state index in [0.29, 0.717) is 48.5 Å². The van der Waals surface area contributed by atoms with E-state index in [9.17, 15) is 4.79 Å². The van der Waals surface area contributed by atoms with E-state index in [1.807, 2.05) is 18.7 Å². The minimum absolute atomic E-state index is 0.0617. The molecule has 2 fully saturated rings. The van der Waals surface area contributed by atoms with Crippen molar-refractivity contribution in [1.29, 1.82) is 0 Å². The second-order valence-corrected chi connectivity index (χ2v) is 16.3. The molecule has 31 heavy (non-hydrogen) atoms. The molecule has 1 aromatic carbocycles. The van der Waals surface area contributed by atoms with E-state index < -0.39 is 13.9 Å². The van der Waals surface area contributed by atoms with E-state index >= 15 is 0 Å². The first kappa shape index (κ1) is 24.8. The number of likely N-dealkylation sites (tertiary alicyclic amines) is 1. The Morgan fingerprint density at radius 1 is 1.26 bits per heavy atom. The number of rotatable bonds is 9. The van der Waals surface area contributed by atoms with Gasteiger partial charge in [-0.2, -0.15) is 0 Å². The molecular weight excluding hydrogens is 457 g/mol. The molecule has 0 aromatic heterocycles. The van der Waals surface area contributed by atoms with Crippen molar-refractivity contribution >= 4 is 37.2 Å². The molecule has 2 aliphatic rings. The van der Waals surface area contributed by atoms with Gasteiger partial charge in [-0.3, -0.25) is 4.79 Å². The van der Waals surface area contributed by atoms with Gasteiger partial charge in [0.25, 0.3) is 0 Å². The Morgan fingerprint density at radius 2 is 2.00 bits per heavy atom. The first-order chi connectivity index (χ1) is 14.5. The summed E-state index contributed by atoms with van der Waals surface area (Å²) in [4.78, 5) is 14.5. The van der Waals surface area contributed by atoms with Crippen molar-refractivity contribution in [3.8, 4) is 5.75 Å². The molecule has 1 aromatic rings. The van der Waals surface area contributed by atoms with Crippen LogP contribution in [0.15, 0.2) is 12.1 Å². The fourth-order valence-electron chi connectivity index (χ4n) is 3.84. The number of halogens is 2. The summed E-state index contributed by atoms with van der Waals surface area (Å²) in [7, 11) is -1.16. The third-order valence-corrected chi connectivity index (χ3v) is 8.02. The van der Waals surface area contributed by atoms with Crippen LogP contribution in [-0.2, 0) is 19.0 Å². The molecule has 0 bridgehead atoms. The molecule has 2 aliphatic heterocycles. The highest BCUT2D eigenvalue weighted by Gasteiger charge is 2.39. The van der Waals surface area contributed by atoms with Gasteiger partial charge in [0, 0.05) is 45.7 Å². The zero-order valence-corrected chi connectivity index (χ0v) is 21.5. The molecule has 2 heterocycles. The molecule has 174 valence electrons. The third kappa shape index (κ3) is 6.82. The monoisotopic (exact) mass is 489 g/mol. The molecule has 0 saturated carbocycles. The van der Waals surface area contributed by atoms with Crippen molar-refractivity contribution in [1.82, 2.24) is 4.90 Å². The normalized spacial score (nSPS) is 23.6. The smallest absolute Gasteiger partial charge is 0.223 e. The predicted molar refractivity (Wildman–Crippen MR) is 125 cm³/mol. The van der Waals surface area contributed by atoms with E-state index in [-0.39, 0.29) is 24.7 Å². The molecule has 0 aliphatic carbocycles. The summed E-state index contributed by atoms with van der Waals surface area (Å²) in [5, 5.41) is 0.881. The Hall–Kier alpha value is -0.833. The molecule has 3 rings (SSSR count). The van der Waals surface area contributed by atoms with Gasteiger partial charge in [0.05, 0.1) is 16.7 Å². The van der Waals surface area contributed by atoms with Crippen molar-refractivity contribution in [2.75, 3.05) is 33.1 Å². The van der Waals surface area contributed by atoms with Gasteiger partial charge in [-0.1, -0.05) is 42.8 Å². The highest BCUT2D eigenvalue weighted by molar-refractivity contribution is 6.76. The van der Waals surface area contributed by atoms with Crippen molar-refractivity contribution in [3.63, 3.8) is 0 Å². The SMILES string of the molecule is CC1(C)OC[C@H](CN2C[C@@H](c3c(OCOCC[Si](C)(C)C)ccc(Cl)c3Cl)CC2=O)O1. The minimum Gasteiger partial charge on any atom is -0.467 e. The van der Waals surface area contributed by atoms with Gasteiger partial charge < -0.3 is 23.8 Å². The molecule has 6 nitrogen and oxygen atoms in total. The quantitative estimate of drug-likeness (QED) is 0.272. The Labute approximate surface area is 196 Å². The average molecular weight is 491 g/mol. The number of hydrogen-bond donors (Lipinski definition) is 0. The Kier molecular flexibility index (Phi) is 7.98. The highest BCUT2D eigenvalue weighted by Crippen LogP contribution is 2.42. The fourth-order valence-corrected chi connectivity index (χ4v) is 5.07. The number of carbonyl (C=O) groups is 1. The van der Waals surface area contributed by atoms with Gasteiger partial charge in [-0.15, -0.1) is 0 Å². The second kappa shape index (κ2) is 9.97. The van der Waals surface area contributed by atoms with Crippen molar-refractivity contribution in [2.45, 2.75) is 63.8 Å². The van der Waals surface area contributed by atoms with Gasteiger partial charge >= 0.3 is 0 Å². The van der Waals surface area contributed by atoms with E-state index in [1.165, 1.54) is 0 Å². The van der Waals surface area contributed by atoms with Gasteiger partial charge in [0.1, 0.15) is 11.9 Å². The predicted octanol–water partition coefficient (Wildman–Crippen LogP) is 5.15. The van der Waals surface area contributed by atoms with Gasteiger partial charge in [0.15, 0.2) is 12.6 Å². The summed E-state index contributed by atoms with van der Waals surface area (Å²) in [6, 6.07) is 4.58. The van der Waals surface area contributed by atoms with Crippen molar-refractivity contribution < 1.29 is 23.7 Å². The molecular formula is C22H33Cl2NO5Si. The van der Waals surface area contributed by atoms with Crippen LogP contribution in [0.5, 0.6) is 5.75 Å². The number of ether oxygens (including phenoxy) is 4. The summed E-state index contributed by atoms with van der Waals surface area (Å²) in [6.07, 6.45) is 0.215. The van der Waals surface area contributed by atoms with Crippen LogP contribution >= 0.6 is 23.2 Å². The summed E-state index contributed by atoms with van der Waals surface area (Å²) in [5.41, 5.74) is 0.766. The zero-order chi connectivity index (χ0) is 22.8. The van der Waals surface area contributed by atoms with Gasteiger partial charge in [-0.05, 0) is 32.0 Å². The van der Waals surface area contributed by atoms with Crippen LogP contribution in [0.1, 0.15) is 31.7 Å². The lowest BCUT2D eigenvalue weighted by Gasteiger charge is -2.23. The third-order valence-electron chi connectivity index (χ3n) is 5.50. The van der Waals surface area contributed by atoms with Gasteiger partial charge in [-0.25, -0.2) is 0 Å². The summed E-state index contributed by atoms with van der Waals surface area (Å²) < 4.78 is 23.1. The molecule has 0 unspecified atom stereocenters. The maximum atomic E-state index is 12.7. The Balaban J connectivity index is 1.64.